The number of rotatable bonds is 3. The first-order valence-corrected chi connectivity index (χ1v) is 7.16. The molecule has 2 rings (SSSR count). The summed E-state index contributed by atoms with van der Waals surface area (Å²) in [4.78, 5) is 12.1. The van der Waals surface area contributed by atoms with Crippen molar-refractivity contribution in [2.75, 3.05) is 11.9 Å². The number of ether oxygens (including phenoxy) is 1. The monoisotopic (exact) mass is 331 g/mol. The number of carbonyl (C=O) groups is 1. The molecule has 2 atom stereocenters. The summed E-state index contributed by atoms with van der Waals surface area (Å²) < 4.78 is 6.34. The zero-order chi connectivity index (χ0) is 13.1. The van der Waals surface area contributed by atoms with Gasteiger partial charge >= 0.3 is 0 Å². The summed E-state index contributed by atoms with van der Waals surface area (Å²) in [5.74, 6) is -0.0461. The van der Waals surface area contributed by atoms with Gasteiger partial charge in [0, 0.05) is 16.8 Å². The summed E-state index contributed by atoms with van der Waals surface area (Å²) in [6, 6.07) is 5.38. The Morgan fingerprint density at radius 1 is 1.61 bits per heavy atom. The van der Waals surface area contributed by atoms with Crippen LogP contribution in [0.25, 0.3) is 0 Å². The third-order valence-electron chi connectivity index (χ3n) is 3.14. The van der Waals surface area contributed by atoms with E-state index in [0.29, 0.717) is 11.6 Å². The van der Waals surface area contributed by atoms with Crippen LogP contribution in [0.2, 0.25) is 5.02 Å². The van der Waals surface area contributed by atoms with Crippen molar-refractivity contribution in [1.82, 2.24) is 0 Å². The van der Waals surface area contributed by atoms with E-state index in [-0.39, 0.29) is 17.9 Å². The summed E-state index contributed by atoms with van der Waals surface area (Å²) in [7, 11) is 0. The van der Waals surface area contributed by atoms with Crippen LogP contribution in [0.4, 0.5) is 5.69 Å². The SMILES string of the molecule is CCC1OCCC1C(=O)Nc1ccc(Br)c(Cl)c1. The van der Waals surface area contributed by atoms with Gasteiger partial charge in [-0.05, 0) is 47.0 Å². The molecule has 3 nitrogen and oxygen atoms in total. The van der Waals surface area contributed by atoms with Crippen LogP contribution in [-0.4, -0.2) is 18.6 Å². The highest BCUT2D eigenvalue weighted by Gasteiger charge is 2.32. The fourth-order valence-corrected chi connectivity index (χ4v) is 2.59. The minimum Gasteiger partial charge on any atom is -0.377 e. The molecule has 1 aliphatic rings. The quantitative estimate of drug-likeness (QED) is 0.913. The van der Waals surface area contributed by atoms with Gasteiger partial charge in [-0.25, -0.2) is 0 Å². The van der Waals surface area contributed by atoms with Crippen LogP contribution in [0, 0.1) is 5.92 Å². The molecule has 1 aromatic rings. The van der Waals surface area contributed by atoms with E-state index in [4.69, 9.17) is 16.3 Å². The van der Waals surface area contributed by atoms with Crippen molar-refractivity contribution in [2.24, 2.45) is 5.92 Å². The fourth-order valence-electron chi connectivity index (χ4n) is 2.16. The van der Waals surface area contributed by atoms with Crippen LogP contribution in [-0.2, 0) is 9.53 Å². The van der Waals surface area contributed by atoms with Gasteiger partial charge in [-0.15, -0.1) is 0 Å². The molecule has 0 saturated carbocycles. The Morgan fingerprint density at radius 3 is 3.06 bits per heavy atom. The number of amides is 1. The average Bonchev–Trinajstić information content (AvgIpc) is 2.82. The molecular weight excluding hydrogens is 318 g/mol. The average molecular weight is 333 g/mol. The van der Waals surface area contributed by atoms with Crippen LogP contribution in [0.1, 0.15) is 19.8 Å². The summed E-state index contributed by atoms with van der Waals surface area (Å²) in [6.45, 7) is 2.70. The Labute approximate surface area is 120 Å². The number of nitrogens with one attached hydrogen (secondary N) is 1. The first-order valence-electron chi connectivity index (χ1n) is 5.99. The molecule has 0 radical (unpaired) electrons. The first-order chi connectivity index (χ1) is 8.61. The molecule has 1 N–H and O–H groups in total. The number of benzene rings is 1. The Balaban J connectivity index is 2.04. The van der Waals surface area contributed by atoms with Gasteiger partial charge in [0.25, 0.3) is 0 Å². The van der Waals surface area contributed by atoms with E-state index >= 15 is 0 Å². The minimum absolute atomic E-state index is 0.0118. The molecule has 1 aliphatic heterocycles. The summed E-state index contributed by atoms with van der Waals surface area (Å²) in [5, 5.41) is 3.48. The molecule has 1 fully saturated rings. The molecule has 0 aromatic heterocycles. The second kappa shape index (κ2) is 6.04. The Bertz CT molecular complexity index is 453. The molecule has 1 heterocycles. The van der Waals surface area contributed by atoms with Crippen molar-refractivity contribution in [2.45, 2.75) is 25.9 Å². The van der Waals surface area contributed by atoms with E-state index in [9.17, 15) is 4.79 Å². The van der Waals surface area contributed by atoms with Gasteiger partial charge in [0.2, 0.25) is 5.91 Å². The minimum atomic E-state index is -0.0579. The lowest BCUT2D eigenvalue weighted by molar-refractivity contribution is -0.121. The van der Waals surface area contributed by atoms with Gasteiger partial charge in [-0.1, -0.05) is 18.5 Å². The maximum absolute atomic E-state index is 12.1. The van der Waals surface area contributed by atoms with Crippen molar-refractivity contribution in [3.8, 4) is 0 Å². The highest BCUT2D eigenvalue weighted by molar-refractivity contribution is 9.10. The zero-order valence-electron chi connectivity index (χ0n) is 10.1. The summed E-state index contributed by atoms with van der Waals surface area (Å²) in [5.41, 5.74) is 0.718. The molecule has 2 unspecified atom stereocenters. The molecule has 1 saturated heterocycles. The molecule has 98 valence electrons. The maximum atomic E-state index is 12.1. The number of anilines is 1. The fraction of sp³-hybridized carbons (Fsp3) is 0.462. The van der Waals surface area contributed by atoms with Crippen molar-refractivity contribution >= 4 is 39.1 Å². The largest absolute Gasteiger partial charge is 0.377 e. The van der Waals surface area contributed by atoms with Gasteiger partial charge in [0.05, 0.1) is 17.0 Å². The van der Waals surface area contributed by atoms with Crippen LogP contribution < -0.4 is 5.32 Å². The lowest BCUT2D eigenvalue weighted by Crippen LogP contribution is -2.29. The third-order valence-corrected chi connectivity index (χ3v) is 4.37. The van der Waals surface area contributed by atoms with Crippen molar-refractivity contribution < 1.29 is 9.53 Å². The van der Waals surface area contributed by atoms with E-state index < -0.39 is 0 Å². The molecule has 0 bridgehead atoms. The first kappa shape index (κ1) is 13.8. The number of carbonyl (C=O) groups excluding carboxylic acids is 1. The molecule has 0 spiro atoms. The van der Waals surface area contributed by atoms with Crippen LogP contribution >= 0.6 is 27.5 Å². The Hall–Kier alpha value is -0.580. The van der Waals surface area contributed by atoms with Crippen molar-refractivity contribution in [3.05, 3.63) is 27.7 Å². The van der Waals surface area contributed by atoms with Crippen molar-refractivity contribution in [3.63, 3.8) is 0 Å². The zero-order valence-corrected chi connectivity index (χ0v) is 12.4. The second-order valence-electron chi connectivity index (χ2n) is 4.33. The summed E-state index contributed by atoms with van der Waals surface area (Å²) in [6.07, 6.45) is 1.68. The Morgan fingerprint density at radius 2 is 2.39 bits per heavy atom. The maximum Gasteiger partial charge on any atom is 0.230 e. The van der Waals surface area contributed by atoms with E-state index in [1.54, 1.807) is 6.07 Å². The van der Waals surface area contributed by atoms with E-state index in [1.165, 1.54) is 0 Å². The second-order valence-corrected chi connectivity index (χ2v) is 5.59. The number of hydrogen-bond donors (Lipinski definition) is 1. The predicted octanol–water partition coefficient (Wildman–Crippen LogP) is 3.86. The third kappa shape index (κ3) is 3.05. The lowest BCUT2D eigenvalue weighted by Gasteiger charge is -2.16. The molecule has 1 aromatic carbocycles. The number of hydrogen-bond acceptors (Lipinski definition) is 2. The van der Waals surface area contributed by atoms with E-state index in [2.05, 4.69) is 21.2 Å². The van der Waals surface area contributed by atoms with Gasteiger partial charge in [-0.3, -0.25) is 4.79 Å². The van der Waals surface area contributed by atoms with Crippen LogP contribution in [0.3, 0.4) is 0 Å². The summed E-state index contributed by atoms with van der Waals surface area (Å²) >= 11 is 9.31. The van der Waals surface area contributed by atoms with Gasteiger partial charge in [0.1, 0.15) is 0 Å². The van der Waals surface area contributed by atoms with Crippen LogP contribution in [0.5, 0.6) is 0 Å². The number of halogens is 2. The highest BCUT2D eigenvalue weighted by Crippen LogP contribution is 2.28. The van der Waals surface area contributed by atoms with Gasteiger partial charge in [0.15, 0.2) is 0 Å². The molecule has 18 heavy (non-hydrogen) atoms. The molecule has 1 amide bonds. The van der Waals surface area contributed by atoms with E-state index in [0.717, 1.165) is 23.0 Å². The normalized spacial score (nSPS) is 23.1. The van der Waals surface area contributed by atoms with Crippen LogP contribution in [0.15, 0.2) is 22.7 Å². The van der Waals surface area contributed by atoms with E-state index in [1.807, 2.05) is 19.1 Å². The highest BCUT2D eigenvalue weighted by atomic mass is 79.9. The lowest BCUT2D eigenvalue weighted by atomic mass is 9.98. The Kier molecular flexibility index (Phi) is 4.65. The standard InChI is InChI=1S/C13H15BrClNO2/c1-2-12-9(5-6-18-12)13(17)16-8-3-4-10(14)11(15)7-8/h3-4,7,9,12H,2,5-6H2,1H3,(H,16,17). The molecule has 5 heteroatoms. The molecule has 0 aliphatic carbocycles. The molecular formula is C13H15BrClNO2. The predicted molar refractivity (Wildman–Crippen MR) is 75.9 cm³/mol. The van der Waals surface area contributed by atoms with Gasteiger partial charge < -0.3 is 10.1 Å². The van der Waals surface area contributed by atoms with Gasteiger partial charge in [-0.2, -0.15) is 0 Å². The topological polar surface area (TPSA) is 38.3 Å². The smallest absolute Gasteiger partial charge is 0.230 e. The van der Waals surface area contributed by atoms with Crippen molar-refractivity contribution in [1.29, 1.82) is 0 Å².